The van der Waals surface area contributed by atoms with Crippen molar-refractivity contribution in [2.24, 2.45) is 5.41 Å². The Morgan fingerprint density at radius 1 is 1.04 bits per heavy atom. The number of hydrogen-bond acceptors (Lipinski definition) is 5. The molecule has 0 bridgehead atoms. The van der Waals surface area contributed by atoms with Gasteiger partial charge in [0.1, 0.15) is 5.25 Å². The molecule has 0 amide bonds. The highest BCUT2D eigenvalue weighted by molar-refractivity contribution is 7.99. The topological polar surface area (TPSA) is 44.8 Å². The molecule has 0 aliphatic carbocycles. The Morgan fingerprint density at radius 2 is 1.67 bits per heavy atom. The maximum Gasteiger partial charge on any atom is 0.323 e. The van der Waals surface area contributed by atoms with E-state index in [1.54, 1.807) is 0 Å². The highest BCUT2D eigenvalue weighted by Crippen LogP contribution is 2.42. The largest absolute Gasteiger partial charge is 0.468 e. The molecule has 1 aliphatic rings. The number of methoxy groups -OCH3 is 1. The van der Waals surface area contributed by atoms with Crippen LogP contribution in [0.15, 0.2) is 54.6 Å². The summed E-state index contributed by atoms with van der Waals surface area (Å²) in [6.45, 7) is 5.41. The van der Waals surface area contributed by atoms with Gasteiger partial charge in [-0.3, -0.25) is 4.79 Å². The number of hydrogen-bond donors (Lipinski definition) is 0. The molecule has 1 heterocycles. The second-order valence-corrected chi connectivity index (χ2v) is 8.43. The Bertz CT molecular complexity index is 778. The number of carbonyl (C=O) groups excluding carboxylic acids is 1. The number of ether oxygens (including phenoxy) is 3. The lowest BCUT2D eigenvalue weighted by molar-refractivity contribution is -0.284. The summed E-state index contributed by atoms with van der Waals surface area (Å²) in [6, 6.07) is 17.8. The second kappa shape index (κ2) is 8.05. The van der Waals surface area contributed by atoms with Crippen LogP contribution in [0.25, 0.3) is 0 Å². The first-order valence-electron chi connectivity index (χ1n) is 8.96. The molecule has 4 nitrogen and oxygen atoms in total. The van der Waals surface area contributed by atoms with E-state index in [0.717, 1.165) is 16.7 Å². The van der Waals surface area contributed by atoms with Crippen LogP contribution in [0.3, 0.4) is 0 Å². The van der Waals surface area contributed by atoms with Crippen molar-refractivity contribution in [3.8, 4) is 0 Å². The molecule has 0 saturated carbocycles. The molecule has 1 saturated heterocycles. The zero-order valence-corrected chi connectivity index (χ0v) is 17.0. The third kappa shape index (κ3) is 4.05. The van der Waals surface area contributed by atoms with Crippen LogP contribution < -0.4 is 0 Å². The minimum absolute atomic E-state index is 0.0519. The van der Waals surface area contributed by atoms with E-state index in [2.05, 4.69) is 13.8 Å². The summed E-state index contributed by atoms with van der Waals surface area (Å²) in [7, 11) is 1.41. The lowest BCUT2D eigenvalue weighted by Crippen LogP contribution is -2.46. The monoisotopic (exact) mass is 386 g/mol. The predicted molar refractivity (Wildman–Crippen MR) is 108 cm³/mol. The van der Waals surface area contributed by atoms with Gasteiger partial charge in [-0.25, -0.2) is 0 Å². The van der Waals surface area contributed by atoms with Crippen molar-refractivity contribution in [1.29, 1.82) is 0 Å². The van der Waals surface area contributed by atoms with Gasteiger partial charge < -0.3 is 14.2 Å². The average molecular weight is 387 g/mol. The van der Waals surface area contributed by atoms with Crippen molar-refractivity contribution in [3.63, 3.8) is 0 Å². The minimum atomic E-state index is -0.980. The molecule has 0 aromatic heterocycles. The molecule has 1 aliphatic heterocycles. The van der Waals surface area contributed by atoms with Crippen LogP contribution in [-0.4, -0.2) is 32.5 Å². The highest BCUT2D eigenvalue weighted by Gasteiger charge is 2.44. The number of carbonyl (C=O) groups is 1. The average Bonchev–Trinajstić information content (AvgIpc) is 2.69. The number of esters is 1. The summed E-state index contributed by atoms with van der Waals surface area (Å²) in [5.41, 5.74) is 2.64. The molecule has 144 valence electrons. The van der Waals surface area contributed by atoms with Crippen LogP contribution in [-0.2, 0) is 24.8 Å². The molecule has 5 heteroatoms. The quantitative estimate of drug-likeness (QED) is 0.706. The first-order chi connectivity index (χ1) is 12.9. The summed E-state index contributed by atoms with van der Waals surface area (Å²) in [4.78, 5) is 12.2. The SMILES string of the molecule is COC(=O)C(SC)c1cccc(C2(c3ccccc3)OCC(C)(C)CO2)c1. The molecule has 0 N–H and O–H groups in total. The van der Waals surface area contributed by atoms with Gasteiger partial charge in [-0.05, 0) is 17.9 Å². The fraction of sp³-hybridized carbons (Fsp3) is 0.409. The zero-order valence-electron chi connectivity index (χ0n) is 16.2. The summed E-state index contributed by atoms with van der Waals surface area (Å²) in [6.07, 6.45) is 1.90. The van der Waals surface area contributed by atoms with Gasteiger partial charge in [0, 0.05) is 16.5 Å². The van der Waals surface area contributed by atoms with E-state index in [-0.39, 0.29) is 16.6 Å². The van der Waals surface area contributed by atoms with Crippen molar-refractivity contribution in [2.45, 2.75) is 24.9 Å². The summed E-state index contributed by atoms with van der Waals surface area (Å²) in [5, 5.41) is -0.386. The fourth-order valence-corrected chi connectivity index (χ4v) is 3.92. The first kappa shape index (κ1) is 19.9. The Morgan fingerprint density at radius 3 is 2.26 bits per heavy atom. The molecule has 3 rings (SSSR count). The number of thioether (sulfide) groups is 1. The Balaban J connectivity index is 2.06. The second-order valence-electron chi connectivity index (χ2n) is 7.49. The Kier molecular flexibility index (Phi) is 5.94. The van der Waals surface area contributed by atoms with E-state index in [1.165, 1.54) is 18.9 Å². The van der Waals surface area contributed by atoms with Gasteiger partial charge in [0.2, 0.25) is 5.79 Å². The van der Waals surface area contributed by atoms with Gasteiger partial charge in [-0.1, -0.05) is 62.4 Å². The van der Waals surface area contributed by atoms with Crippen LogP contribution >= 0.6 is 11.8 Å². The van der Waals surface area contributed by atoms with Gasteiger partial charge in [0.25, 0.3) is 0 Å². The van der Waals surface area contributed by atoms with E-state index >= 15 is 0 Å². The minimum Gasteiger partial charge on any atom is -0.468 e. The highest BCUT2D eigenvalue weighted by atomic mass is 32.2. The lowest BCUT2D eigenvalue weighted by atomic mass is 9.90. The fourth-order valence-electron chi connectivity index (χ4n) is 3.22. The van der Waals surface area contributed by atoms with E-state index < -0.39 is 5.79 Å². The molecule has 1 atom stereocenters. The maximum absolute atomic E-state index is 12.2. The zero-order chi connectivity index (χ0) is 19.5. The third-order valence-corrected chi connectivity index (χ3v) is 5.64. The summed E-state index contributed by atoms with van der Waals surface area (Å²) in [5.74, 6) is -1.24. The summed E-state index contributed by atoms with van der Waals surface area (Å²) < 4.78 is 17.7. The van der Waals surface area contributed by atoms with Crippen LogP contribution in [0, 0.1) is 5.41 Å². The summed E-state index contributed by atoms with van der Waals surface area (Å²) >= 11 is 1.45. The first-order valence-corrected chi connectivity index (χ1v) is 10.3. The molecule has 2 aromatic carbocycles. The molecular formula is C22H26O4S. The number of rotatable bonds is 5. The maximum atomic E-state index is 12.2. The standard InChI is InChI=1S/C22H26O4S/c1-21(2)14-25-22(26-15-21,17-10-6-5-7-11-17)18-12-8-9-16(13-18)19(27-4)20(23)24-3/h5-13,19H,14-15H2,1-4H3. The third-order valence-electron chi connectivity index (χ3n) is 4.71. The molecule has 0 radical (unpaired) electrons. The van der Waals surface area contributed by atoms with Crippen molar-refractivity contribution in [1.82, 2.24) is 0 Å². The van der Waals surface area contributed by atoms with Gasteiger partial charge >= 0.3 is 5.97 Å². The number of benzene rings is 2. The van der Waals surface area contributed by atoms with Gasteiger partial charge in [0.05, 0.1) is 20.3 Å². The smallest absolute Gasteiger partial charge is 0.323 e. The van der Waals surface area contributed by atoms with E-state index in [1.807, 2.05) is 60.9 Å². The molecule has 2 aromatic rings. The van der Waals surface area contributed by atoms with Gasteiger partial charge in [-0.15, -0.1) is 11.8 Å². The van der Waals surface area contributed by atoms with Crippen molar-refractivity contribution in [2.75, 3.05) is 26.6 Å². The molecule has 1 unspecified atom stereocenters. The lowest BCUT2D eigenvalue weighted by Gasteiger charge is -2.44. The van der Waals surface area contributed by atoms with Gasteiger partial charge in [-0.2, -0.15) is 0 Å². The normalized spacial score (nSPS) is 19.3. The molecular weight excluding hydrogens is 360 g/mol. The van der Waals surface area contributed by atoms with Crippen LogP contribution in [0.5, 0.6) is 0 Å². The molecule has 1 fully saturated rings. The molecule has 27 heavy (non-hydrogen) atoms. The van der Waals surface area contributed by atoms with Gasteiger partial charge in [0.15, 0.2) is 0 Å². The molecule has 0 spiro atoms. The van der Waals surface area contributed by atoms with Crippen LogP contribution in [0.4, 0.5) is 0 Å². The van der Waals surface area contributed by atoms with Crippen molar-refractivity contribution < 1.29 is 19.0 Å². The van der Waals surface area contributed by atoms with E-state index in [0.29, 0.717) is 13.2 Å². The predicted octanol–water partition coefficient (Wildman–Crippen LogP) is 4.54. The van der Waals surface area contributed by atoms with Crippen molar-refractivity contribution in [3.05, 3.63) is 71.3 Å². The van der Waals surface area contributed by atoms with E-state index in [4.69, 9.17) is 14.2 Å². The Labute approximate surface area is 165 Å². The Hall–Kier alpha value is -1.82. The van der Waals surface area contributed by atoms with Crippen LogP contribution in [0.2, 0.25) is 0 Å². The van der Waals surface area contributed by atoms with Crippen LogP contribution in [0.1, 0.15) is 35.8 Å². The van der Waals surface area contributed by atoms with Crippen molar-refractivity contribution >= 4 is 17.7 Å². The van der Waals surface area contributed by atoms with E-state index in [9.17, 15) is 4.79 Å².